The molecule has 1 aromatic rings. The fourth-order valence-corrected chi connectivity index (χ4v) is 1.95. The fourth-order valence-electron chi connectivity index (χ4n) is 1.95. The number of aliphatic imine (C=N–C) groups is 1. The normalized spacial score (nSPS) is 11.0. The average Bonchev–Trinajstić information content (AvgIpc) is 2.55. The number of ether oxygens (including phenoxy) is 2. The molecule has 0 aliphatic rings. The highest BCUT2D eigenvalue weighted by molar-refractivity contribution is 14.0. The molecule has 0 aliphatic carbocycles. The lowest BCUT2D eigenvalue weighted by Gasteiger charge is -2.11. The third-order valence-corrected chi connectivity index (χ3v) is 3.05. The van der Waals surface area contributed by atoms with Gasteiger partial charge in [0.05, 0.1) is 19.8 Å². The standard InChI is InChI=1S/C17H29N3O2.HI/c1-3-18-17(20-12-13-22-15-14-21-2)19-11-7-10-16-8-5-4-6-9-16;/h4-6,8-9H,3,7,10-15H2,1-2H3,(H2,18,19,20);1H. The van der Waals surface area contributed by atoms with Gasteiger partial charge in [0, 0.05) is 26.7 Å². The molecule has 0 radical (unpaired) electrons. The van der Waals surface area contributed by atoms with Gasteiger partial charge in [-0.15, -0.1) is 24.0 Å². The zero-order valence-corrected chi connectivity index (χ0v) is 16.5. The quantitative estimate of drug-likeness (QED) is 0.243. The second-order valence-corrected chi connectivity index (χ2v) is 4.88. The maximum atomic E-state index is 5.42. The van der Waals surface area contributed by atoms with Crippen LogP contribution in [0.4, 0.5) is 0 Å². The number of guanidine groups is 1. The number of halogens is 1. The molecule has 0 saturated carbocycles. The predicted molar refractivity (Wildman–Crippen MR) is 107 cm³/mol. The Morgan fingerprint density at radius 1 is 1.09 bits per heavy atom. The molecule has 0 aromatic heterocycles. The van der Waals surface area contributed by atoms with Gasteiger partial charge in [-0.25, -0.2) is 0 Å². The fraction of sp³-hybridized carbons (Fsp3) is 0.588. The second-order valence-electron chi connectivity index (χ2n) is 4.88. The molecular weight excluding hydrogens is 405 g/mol. The number of aryl methyl sites for hydroxylation is 1. The number of nitrogens with zero attached hydrogens (tertiary/aromatic N) is 1. The lowest BCUT2D eigenvalue weighted by molar-refractivity contribution is 0.0733. The van der Waals surface area contributed by atoms with Crippen LogP contribution in [-0.4, -0.2) is 52.5 Å². The van der Waals surface area contributed by atoms with Gasteiger partial charge in [0.15, 0.2) is 5.96 Å². The lowest BCUT2D eigenvalue weighted by atomic mass is 10.1. The maximum absolute atomic E-state index is 5.42. The van der Waals surface area contributed by atoms with Crippen molar-refractivity contribution in [2.75, 3.05) is 46.6 Å². The Morgan fingerprint density at radius 2 is 1.87 bits per heavy atom. The molecule has 0 spiro atoms. The number of rotatable bonds is 11. The number of hydrogen-bond acceptors (Lipinski definition) is 3. The van der Waals surface area contributed by atoms with E-state index in [4.69, 9.17) is 9.47 Å². The van der Waals surface area contributed by atoms with Crippen molar-refractivity contribution in [3.63, 3.8) is 0 Å². The van der Waals surface area contributed by atoms with Gasteiger partial charge >= 0.3 is 0 Å². The van der Waals surface area contributed by atoms with E-state index >= 15 is 0 Å². The monoisotopic (exact) mass is 435 g/mol. The summed E-state index contributed by atoms with van der Waals surface area (Å²) in [5.41, 5.74) is 1.36. The maximum Gasteiger partial charge on any atom is 0.191 e. The molecule has 1 aromatic carbocycles. The van der Waals surface area contributed by atoms with Crippen LogP contribution >= 0.6 is 24.0 Å². The highest BCUT2D eigenvalue weighted by Gasteiger charge is 1.97. The van der Waals surface area contributed by atoms with Crippen LogP contribution < -0.4 is 10.6 Å². The summed E-state index contributed by atoms with van der Waals surface area (Å²) in [6, 6.07) is 10.5. The first-order valence-corrected chi connectivity index (χ1v) is 7.99. The average molecular weight is 435 g/mol. The third-order valence-electron chi connectivity index (χ3n) is 3.05. The molecule has 0 bridgehead atoms. The van der Waals surface area contributed by atoms with Crippen LogP contribution in [-0.2, 0) is 15.9 Å². The summed E-state index contributed by atoms with van der Waals surface area (Å²) in [6.45, 7) is 6.39. The van der Waals surface area contributed by atoms with Crippen LogP contribution in [0.25, 0.3) is 0 Å². The van der Waals surface area contributed by atoms with Gasteiger partial charge in [0.2, 0.25) is 0 Å². The van der Waals surface area contributed by atoms with Gasteiger partial charge in [-0.05, 0) is 25.3 Å². The van der Waals surface area contributed by atoms with E-state index in [-0.39, 0.29) is 24.0 Å². The van der Waals surface area contributed by atoms with Crippen molar-refractivity contribution in [2.24, 2.45) is 4.99 Å². The van der Waals surface area contributed by atoms with Crippen LogP contribution in [0, 0.1) is 0 Å². The van der Waals surface area contributed by atoms with Gasteiger partial charge < -0.3 is 20.1 Å². The summed E-state index contributed by atoms with van der Waals surface area (Å²) in [7, 11) is 1.67. The molecule has 6 heteroatoms. The topological polar surface area (TPSA) is 54.9 Å². The summed E-state index contributed by atoms with van der Waals surface area (Å²) in [5.74, 6) is 0.853. The number of benzene rings is 1. The molecule has 0 saturated heterocycles. The Hall–Kier alpha value is -0.860. The van der Waals surface area contributed by atoms with Gasteiger partial charge in [-0.2, -0.15) is 0 Å². The number of hydrogen-bond donors (Lipinski definition) is 2. The van der Waals surface area contributed by atoms with E-state index in [1.807, 2.05) is 6.07 Å². The van der Waals surface area contributed by atoms with Crippen LogP contribution in [0.1, 0.15) is 18.9 Å². The van der Waals surface area contributed by atoms with Crippen LogP contribution in [0.3, 0.4) is 0 Å². The molecule has 2 N–H and O–H groups in total. The van der Waals surface area contributed by atoms with E-state index in [0.717, 1.165) is 38.4 Å². The van der Waals surface area contributed by atoms with Crippen molar-refractivity contribution < 1.29 is 9.47 Å². The molecule has 0 atom stereocenters. The first kappa shape index (κ1) is 22.1. The Labute approximate surface area is 157 Å². The molecule has 0 unspecified atom stereocenters. The molecule has 132 valence electrons. The van der Waals surface area contributed by atoms with Gasteiger partial charge in [-0.3, -0.25) is 4.99 Å². The zero-order valence-electron chi connectivity index (χ0n) is 14.2. The second kappa shape index (κ2) is 16.0. The minimum absolute atomic E-state index is 0. The molecule has 0 heterocycles. The van der Waals surface area contributed by atoms with Crippen molar-refractivity contribution in [2.45, 2.75) is 19.8 Å². The van der Waals surface area contributed by atoms with Crippen molar-refractivity contribution in [3.05, 3.63) is 35.9 Å². The van der Waals surface area contributed by atoms with Crippen LogP contribution in [0.2, 0.25) is 0 Å². The minimum Gasteiger partial charge on any atom is -0.382 e. The Kier molecular flexibility index (Phi) is 15.4. The Balaban J connectivity index is 0.00000484. The molecular formula is C17H30IN3O2. The van der Waals surface area contributed by atoms with Gasteiger partial charge in [0.25, 0.3) is 0 Å². The Bertz CT molecular complexity index is 402. The van der Waals surface area contributed by atoms with E-state index in [0.29, 0.717) is 19.8 Å². The molecule has 0 amide bonds. The summed E-state index contributed by atoms with van der Waals surface area (Å²) in [4.78, 5) is 4.58. The summed E-state index contributed by atoms with van der Waals surface area (Å²) >= 11 is 0. The van der Waals surface area contributed by atoms with Crippen LogP contribution in [0.5, 0.6) is 0 Å². The van der Waals surface area contributed by atoms with Crippen LogP contribution in [0.15, 0.2) is 35.3 Å². The zero-order chi connectivity index (χ0) is 15.9. The van der Waals surface area contributed by atoms with Gasteiger partial charge in [-0.1, -0.05) is 30.3 Å². The Morgan fingerprint density at radius 3 is 2.57 bits per heavy atom. The highest BCUT2D eigenvalue weighted by Crippen LogP contribution is 2.02. The van der Waals surface area contributed by atoms with E-state index in [1.165, 1.54) is 5.56 Å². The molecule has 1 rings (SSSR count). The van der Waals surface area contributed by atoms with E-state index in [2.05, 4.69) is 46.8 Å². The molecule has 23 heavy (non-hydrogen) atoms. The molecule has 0 fully saturated rings. The first-order valence-electron chi connectivity index (χ1n) is 7.99. The van der Waals surface area contributed by atoms with E-state index in [9.17, 15) is 0 Å². The van der Waals surface area contributed by atoms with Gasteiger partial charge in [0.1, 0.15) is 0 Å². The lowest BCUT2D eigenvalue weighted by Crippen LogP contribution is -2.39. The largest absolute Gasteiger partial charge is 0.382 e. The van der Waals surface area contributed by atoms with Crippen molar-refractivity contribution >= 4 is 29.9 Å². The predicted octanol–water partition coefficient (Wildman–Crippen LogP) is 2.46. The highest BCUT2D eigenvalue weighted by atomic mass is 127. The number of nitrogens with one attached hydrogen (secondary N) is 2. The first-order chi connectivity index (χ1) is 10.9. The molecule has 5 nitrogen and oxygen atoms in total. The third kappa shape index (κ3) is 12.3. The van der Waals surface area contributed by atoms with Crippen molar-refractivity contribution in [1.29, 1.82) is 0 Å². The smallest absolute Gasteiger partial charge is 0.191 e. The summed E-state index contributed by atoms with van der Waals surface area (Å²) < 4.78 is 10.3. The molecule has 0 aliphatic heterocycles. The summed E-state index contributed by atoms with van der Waals surface area (Å²) in [6.07, 6.45) is 2.11. The van der Waals surface area contributed by atoms with E-state index < -0.39 is 0 Å². The van der Waals surface area contributed by atoms with Crippen molar-refractivity contribution in [1.82, 2.24) is 10.6 Å². The summed E-state index contributed by atoms with van der Waals surface area (Å²) in [5, 5.41) is 6.51. The number of methoxy groups -OCH3 is 1. The SMILES string of the molecule is CCNC(=NCCCc1ccccc1)NCCOCCOC.I. The van der Waals surface area contributed by atoms with Crippen molar-refractivity contribution in [3.8, 4) is 0 Å². The minimum atomic E-state index is 0. The van der Waals surface area contributed by atoms with E-state index in [1.54, 1.807) is 7.11 Å².